The monoisotopic (exact) mass is 376 g/mol. The molecule has 2 atom stereocenters. The minimum Gasteiger partial charge on any atom is -0.483 e. The second-order valence-electron chi connectivity index (χ2n) is 6.71. The number of aromatic nitrogens is 2. The van der Waals surface area contributed by atoms with Crippen molar-refractivity contribution in [1.82, 2.24) is 9.55 Å². The topological polar surface area (TPSA) is 47.3 Å². The van der Waals surface area contributed by atoms with E-state index in [1.807, 2.05) is 66.1 Å². The van der Waals surface area contributed by atoms with Crippen molar-refractivity contribution in [3.05, 3.63) is 96.1 Å². The zero-order valence-corrected chi connectivity index (χ0v) is 15.5. The van der Waals surface area contributed by atoms with E-state index in [1.54, 1.807) is 12.1 Å². The fourth-order valence-electron chi connectivity index (χ4n) is 3.32. The standard InChI is InChI=1S/C23H21FN2O2/c1-16(28-19-7-3-2-4-8-19)23-25-20-9-5-6-10-21(20)26(23)15-22(27)17-11-13-18(24)14-12-17/h2-14,16,22,27H,15H2,1H3/t16-,22-/m0/s1. The highest BCUT2D eigenvalue weighted by atomic mass is 19.1. The first kappa shape index (κ1) is 18.2. The molecule has 4 aromatic rings. The third-order valence-corrected chi connectivity index (χ3v) is 4.71. The Bertz CT molecular complexity index is 1060. The number of nitrogens with zero attached hydrogens (tertiary/aromatic N) is 2. The van der Waals surface area contributed by atoms with Gasteiger partial charge in [-0.05, 0) is 48.9 Å². The van der Waals surface area contributed by atoms with Crippen LogP contribution in [-0.2, 0) is 6.54 Å². The minimum absolute atomic E-state index is 0.296. The van der Waals surface area contributed by atoms with Crippen LogP contribution in [0, 0.1) is 5.82 Å². The normalized spacial score (nSPS) is 13.4. The van der Waals surface area contributed by atoms with Crippen LogP contribution in [0.3, 0.4) is 0 Å². The molecule has 0 amide bonds. The average molecular weight is 376 g/mol. The number of ether oxygens (including phenoxy) is 1. The van der Waals surface area contributed by atoms with Crippen molar-refractivity contribution >= 4 is 11.0 Å². The Morgan fingerprint density at radius 1 is 0.964 bits per heavy atom. The van der Waals surface area contributed by atoms with E-state index in [0.717, 1.165) is 22.6 Å². The van der Waals surface area contributed by atoms with Crippen molar-refractivity contribution in [3.63, 3.8) is 0 Å². The average Bonchev–Trinajstić information content (AvgIpc) is 3.08. The smallest absolute Gasteiger partial charge is 0.153 e. The quantitative estimate of drug-likeness (QED) is 0.512. The summed E-state index contributed by atoms with van der Waals surface area (Å²) >= 11 is 0. The Kier molecular flexibility index (Phi) is 5.08. The molecule has 5 heteroatoms. The number of benzene rings is 3. The largest absolute Gasteiger partial charge is 0.483 e. The van der Waals surface area contributed by atoms with E-state index < -0.39 is 6.10 Å². The van der Waals surface area contributed by atoms with E-state index in [4.69, 9.17) is 9.72 Å². The number of fused-ring (bicyclic) bond motifs is 1. The number of aliphatic hydroxyl groups is 1. The maximum atomic E-state index is 13.2. The fourth-order valence-corrected chi connectivity index (χ4v) is 3.32. The SMILES string of the molecule is C[C@H](Oc1ccccc1)c1nc2ccccc2n1C[C@H](O)c1ccc(F)cc1. The van der Waals surface area contributed by atoms with Gasteiger partial charge in [-0.1, -0.05) is 42.5 Å². The molecule has 0 radical (unpaired) electrons. The van der Waals surface area contributed by atoms with Crippen molar-refractivity contribution in [3.8, 4) is 5.75 Å². The Morgan fingerprint density at radius 3 is 2.39 bits per heavy atom. The number of aliphatic hydroxyl groups excluding tert-OH is 1. The molecular formula is C23H21FN2O2. The molecule has 0 aliphatic rings. The zero-order chi connectivity index (χ0) is 19.5. The molecule has 1 heterocycles. The molecule has 0 unspecified atom stereocenters. The number of para-hydroxylation sites is 3. The Hall–Kier alpha value is -3.18. The van der Waals surface area contributed by atoms with Gasteiger partial charge in [0.2, 0.25) is 0 Å². The van der Waals surface area contributed by atoms with Gasteiger partial charge < -0.3 is 14.4 Å². The molecule has 0 aliphatic carbocycles. The molecule has 0 saturated heterocycles. The van der Waals surface area contributed by atoms with Gasteiger partial charge in [0.15, 0.2) is 11.9 Å². The third kappa shape index (κ3) is 3.75. The molecule has 1 aromatic heterocycles. The Labute approximate surface area is 162 Å². The molecule has 28 heavy (non-hydrogen) atoms. The Balaban J connectivity index is 1.67. The number of hydrogen-bond acceptors (Lipinski definition) is 3. The predicted molar refractivity (Wildman–Crippen MR) is 107 cm³/mol. The van der Waals surface area contributed by atoms with Gasteiger partial charge in [-0.3, -0.25) is 0 Å². The van der Waals surface area contributed by atoms with Crippen molar-refractivity contribution in [2.45, 2.75) is 25.7 Å². The summed E-state index contributed by atoms with van der Waals surface area (Å²) in [5.74, 6) is 1.16. The maximum absolute atomic E-state index is 13.2. The van der Waals surface area contributed by atoms with Gasteiger partial charge in [0.1, 0.15) is 11.6 Å². The van der Waals surface area contributed by atoms with Crippen molar-refractivity contribution in [2.75, 3.05) is 0 Å². The highest BCUT2D eigenvalue weighted by Gasteiger charge is 2.20. The summed E-state index contributed by atoms with van der Waals surface area (Å²) in [7, 11) is 0. The van der Waals surface area contributed by atoms with E-state index in [-0.39, 0.29) is 11.9 Å². The van der Waals surface area contributed by atoms with Crippen molar-refractivity contribution in [2.24, 2.45) is 0 Å². The van der Waals surface area contributed by atoms with E-state index in [1.165, 1.54) is 12.1 Å². The molecule has 3 aromatic carbocycles. The molecule has 4 rings (SSSR count). The molecule has 0 fully saturated rings. The van der Waals surface area contributed by atoms with Gasteiger partial charge in [0, 0.05) is 0 Å². The van der Waals surface area contributed by atoms with E-state index in [9.17, 15) is 9.50 Å². The molecular weight excluding hydrogens is 355 g/mol. The number of halogens is 1. The molecule has 0 spiro atoms. The summed E-state index contributed by atoms with van der Waals surface area (Å²) in [4.78, 5) is 4.74. The molecule has 4 nitrogen and oxygen atoms in total. The first-order chi connectivity index (χ1) is 13.6. The van der Waals surface area contributed by atoms with Gasteiger partial charge in [0.05, 0.1) is 23.7 Å². The third-order valence-electron chi connectivity index (χ3n) is 4.71. The van der Waals surface area contributed by atoms with Crippen LogP contribution in [0.25, 0.3) is 11.0 Å². The van der Waals surface area contributed by atoms with Gasteiger partial charge >= 0.3 is 0 Å². The number of rotatable bonds is 6. The number of imidazole rings is 1. The summed E-state index contributed by atoms with van der Waals surface area (Å²) in [6.45, 7) is 2.24. The first-order valence-electron chi connectivity index (χ1n) is 9.22. The lowest BCUT2D eigenvalue weighted by Gasteiger charge is -2.19. The van der Waals surface area contributed by atoms with E-state index in [2.05, 4.69) is 0 Å². The summed E-state index contributed by atoms with van der Waals surface area (Å²) in [5, 5.41) is 10.7. The number of hydrogen-bond donors (Lipinski definition) is 1. The maximum Gasteiger partial charge on any atom is 0.153 e. The van der Waals surface area contributed by atoms with Crippen LogP contribution in [0.2, 0.25) is 0 Å². The van der Waals surface area contributed by atoms with E-state index >= 15 is 0 Å². The van der Waals surface area contributed by atoms with Gasteiger partial charge in [-0.15, -0.1) is 0 Å². The van der Waals surface area contributed by atoms with Crippen LogP contribution in [-0.4, -0.2) is 14.7 Å². The second kappa shape index (κ2) is 7.82. The lowest BCUT2D eigenvalue weighted by atomic mass is 10.1. The van der Waals surface area contributed by atoms with Crippen LogP contribution in [0.1, 0.15) is 30.5 Å². The summed E-state index contributed by atoms with van der Waals surface area (Å²) < 4.78 is 21.2. The zero-order valence-electron chi connectivity index (χ0n) is 15.5. The fraction of sp³-hybridized carbons (Fsp3) is 0.174. The lowest BCUT2D eigenvalue weighted by molar-refractivity contribution is 0.149. The van der Waals surface area contributed by atoms with Crippen LogP contribution in [0.5, 0.6) is 5.75 Å². The minimum atomic E-state index is -0.791. The first-order valence-corrected chi connectivity index (χ1v) is 9.22. The summed E-state index contributed by atoms with van der Waals surface area (Å²) in [5.41, 5.74) is 2.41. The molecule has 0 bridgehead atoms. The van der Waals surface area contributed by atoms with Crippen LogP contribution < -0.4 is 4.74 Å². The van der Waals surface area contributed by atoms with Crippen LogP contribution in [0.15, 0.2) is 78.9 Å². The molecule has 0 aliphatic heterocycles. The second-order valence-corrected chi connectivity index (χ2v) is 6.71. The van der Waals surface area contributed by atoms with Gasteiger partial charge in [-0.25, -0.2) is 9.37 Å². The van der Waals surface area contributed by atoms with Crippen molar-refractivity contribution in [1.29, 1.82) is 0 Å². The highest BCUT2D eigenvalue weighted by Crippen LogP contribution is 2.27. The Morgan fingerprint density at radius 2 is 1.64 bits per heavy atom. The van der Waals surface area contributed by atoms with Crippen molar-refractivity contribution < 1.29 is 14.2 Å². The predicted octanol–water partition coefficient (Wildman–Crippen LogP) is 5.05. The van der Waals surface area contributed by atoms with Gasteiger partial charge in [0.25, 0.3) is 0 Å². The molecule has 142 valence electrons. The summed E-state index contributed by atoms with van der Waals surface area (Å²) in [6.07, 6.45) is -1.10. The lowest BCUT2D eigenvalue weighted by Crippen LogP contribution is -2.16. The molecule has 1 N–H and O–H groups in total. The molecule has 0 saturated carbocycles. The van der Waals surface area contributed by atoms with Gasteiger partial charge in [-0.2, -0.15) is 0 Å². The van der Waals surface area contributed by atoms with Crippen LogP contribution in [0.4, 0.5) is 4.39 Å². The van der Waals surface area contributed by atoms with E-state index in [0.29, 0.717) is 12.1 Å². The highest BCUT2D eigenvalue weighted by molar-refractivity contribution is 5.76. The van der Waals surface area contributed by atoms with Crippen LogP contribution >= 0.6 is 0 Å². The summed E-state index contributed by atoms with van der Waals surface area (Å²) in [6, 6.07) is 23.3.